The van der Waals surface area contributed by atoms with E-state index >= 15 is 0 Å². The minimum atomic E-state index is -0.0162. The van der Waals surface area contributed by atoms with Crippen molar-refractivity contribution in [3.05, 3.63) is 62.2 Å². The first-order chi connectivity index (χ1) is 10.7. The molecular weight excluding hydrogens is 284 g/mol. The average Bonchev–Trinajstić information content (AvgIpc) is 2.52. The second-order valence-electron chi connectivity index (χ2n) is 6.62. The molecule has 2 aromatic rings. The van der Waals surface area contributed by atoms with Crippen molar-refractivity contribution in [2.75, 3.05) is 0 Å². The van der Waals surface area contributed by atoms with Crippen molar-refractivity contribution in [1.82, 2.24) is 0 Å². The molecule has 0 heterocycles. The van der Waals surface area contributed by atoms with Crippen LogP contribution in [-0.2, 0) is 6.42 Å². The molecule has 0 saturated carbocycles. The van der Waals surface area contributed by atoms with Crippen molar-refractivity contribution < 1.29 is 9.90 Å². The summed E-state index contributed by atoms with van der Waals surface area (Å²) in [5, 5.41) is 10.5. The van der Waals surface area contributed by atoms with Crippen LogP contribution in [0.1, 0.15) is 54.9 Å². The zero-order chi connectivity index (χ0) is 17.5. The van der Waals surface area contributed by atoms with Gasteiger partial charge in [0.15, 0.2) is 5.78 Å². The van der Waals surface area contributed by atoms with E-state index in [9.17, 15) is 9.90 Å². The zero-order valence-corrected chi connectivity index (χ0v) is 15.2. The topological polar surface area (TPSA) is 37.3 Å². The summed E-state index contributed by atoms with van der Waals surface area (Å²) in [6, 6.07) is 4.08. The van der Waals surface area contributed by atoms with Gasteiger partial charge in [0.1, 0.15) is 5.75 Å². The molecule has 0 unspecified atom stereocenters. The van der Waals surface area contributed by atoms with E-state index in [4.69, 9.17) is 0 Å². The quantitative estimate of drug-likeness (QED) is 0.812. The van der Waals surface area contributed by atoms with E-state index in [1.807, 2.05) is 33.8 Å². The Hall–Kier alpha value is -2.09. The van der Waals surface area contributed by atoms with Crippen LogP contribution in [0, 0.1) is 48.5 Å². The van der Waals surface area contributed by atoms with E-state index < -0.39 is 0 Å². The lowest BCUT2D eigenvalue weighted by molar-refractivity contribution is 0.0989. The molecule has 0 aliphatic heterocycles. The Labute approximate surface area is 139 Å². The summed E-state index contributed by atoms with van der Waals surface area (Å²) in [6.07, 6.45) is 0.323. The van der Waals surface area contributed by atoms with Gasteiger partial charge in [0, 0.05) is 6.42 Å². The van der Waals surface area contributed by atoms with E-state index in [2.05, 4.69) is 26.8 Å². The number of hydrogen-bond acceptors (Lipinski definition) is 2. The number of aryl methyl sites for hydroxylation is 1. The maximum atomic E-state index is 12.9. The third-order valence-corrected chi connectivity index (χ3v) is 5.45. The van der Waals surface area contributed by atoms with Crippen molar-refractivity contribution >= 4 is 5.78 Å². The molecule has 0 aliphatic rings. The largest absolute Gasteiger partial charge is 0.507 e. The maximum absolute atomic E-state index is 12.9. The van der Waals surface area contributed by atoms with E-state index in [0.29, 0.717) is 12.0 Å². The highest BCUT2D eigenvalue weighted by molar-refractivity contribution is 6.02. The van der Waals surface area contributed by atoms with Crippen molar-refractivity contribution in [1.29, 1.82) is 0 Å². The van der Waals surface area contributed by atoms with Crippen LogP contribution in [-0.4, -0.2) is 10.9 Å². The number of hydrogen-bond donors (Lipinski definition) is 1. The number of phenols is 1. The zero-order valence-electron chi connectivity index (χ0n) is 15.2. The highest BCUT2D eigenvalue weighted by Crippen LogP contribution is 2.33. The summed E-state index contributed by atoms with van der Waals surface area (Å²) in [5.41, 5.74) is 8.96. The van der Waals surface area contributed by atoms with Crippen molar-refractivity contribution in [3.8, 4) is 5.75 Å². The van der Waals surface area contributed by atoms with Gasteiger partial charge < -0.3 is 5.11 Å². The van der Waals surface area contributed by atoms with Crippen molar-refractivity contribution in [2.24, 2.45) is 0 Å². The van der Waals surface area contributed by atoms with E-state index in [-0.39, 0.29) is 11.5 Å². The molecule has 0 saturated heterocycles. The SMILES string of the molecule is Cc1ccc(CC(=O)c2c(C)c(C)c(C)c(C)c2O)c(C)c1C. The number of ketones is 1. The van der Waals surface area contributed by atoms with Gasteiger partial charge in [-0.05, 0) is 93.0 Å². The summed E-state index contributed by atoms with van der Waals surface area (Å²) in [6.45, 7) is 14.0. The van der Waals surface area contributed by atoms with Gasteiger partial charge in [-0.15, -0.1) is 0 Å². The van der Waals surface area contributed by atoms with Gasteiger partial charge >= 0.3 is 0 Å². The molecule has 0 aromatic heterocycles. The van der Waals surface area contributed by atoms with E-state index in [0.717, 1.165) is 33.4 Å². The van der Waals surface area contributed by atoms with Crippen LogP contribution in [0.5, 0.6) is 5.75 Å². The molecule has 1 N–H and O–H groups in total. The number of carbonyl (C=O) groups excluding carboxylic acids is 1. The fraction of sp³-hybridized carbons (Fsp3) is 0.381. The number of carbonyl (C=O) groups is 1. The monoisotopic (exact) mass is 310 g/mol. The molecule has 2 rings (SSSR count). The van der Waals surface area contributed by atoms with E-state index in [1.165, 1.54) is 11.1 Å². The summed E-state index contributed by atoms with van der Waals surface area (Å²) in [7, 11) is 0. The van der Waals surface area contributed by atoms with Gasteiger partial charge in [-0.3, -0.25) is 4.79 Å². The third-order valence-electron chi connectivity index (χ3n) is 5.45. The normalized spacial score (nSPS) is 10.9. The molecule has 0 aliphatic carbocycles. The molecule has 2 aromatic carbocycles. The first-order valence-electron chi connectivity index (χ1n) is 8.05. The minimum absolute atomic E-state index is 0.0162. The Kier molecular flexibility index (Phi) is 4.65. The highest BCUT2D eigenvalue weighted by atomic mass is 16.3. The molecule has 0 atom stereocenters. The second kappa shape index (κ2) is 6.19. The Bertz CT molecular complexity index is 769. The lowest BCUT2D eigenvalue weighted by Gasteiger charge is -2.17. The fourth-order valence-corrected chi connectivity index (χ4v) is 3.10. The van der Waals surface area contributed by atoms with Crippen molar-refractivity contribution in [3.63, 3.8) is 0 Å². The van der Waals surface area contributed by atoms with Crippen LogP contribution in [0.3, 0.4) is 0 Å². The van der Waals surface area contributed by atoms with Gasteiger partial charge in [-0.1, -0.05) is 12.1 Å². The van der Waals surface area contributed by atoms with Gasteiger partial charge in [0.2, 0.25) is 0 Å². The van der Waals surface area contributed by atoms with Gasteiger partial charge in [0.25, 0.3) is 0 Å². The predicted molar refractivity (Wildman–Crippen MR) is 95.7 cm³/mol. The fourth-order valence-electron chi connectivity index (χ4n) is 3.10. The number of phenolic OH excluding ortho intramolecular Hbond substituents is 1. The van der Waals surface area contributed by atoms with Crippen LogP contribution in [0.25, 0.3) is 0 Å². The number of benzene rings is 2. The molecule has 0 fully saturated rings. The molecule has 122 valence electrons. The minimum Gasteiger partial charge on any atom is -0.507 e. The Balaban J connectivity index is 2.50. The Morgan fingerprint density at radius 2 is 1.35 bits per heavy atom. The van der Waals surface area contributed by atoms with Crippen LogP contribution in [0.2, 0.25) is 0 Å². The molecule has 0 amide bonds. The van der Waals surface area contributed by atoms with Gasteiger partial charge in [-0.2, -0.15) is 0 Å². The Morgan fingerprint density at radius 1 is 0.783 bits per heavy atom. The molecule has 23 heavy (non-hydrogen) atoms. The molecule has 0 spiro atoms. The van der Waals surface area contributed by atoms with Crippen LogP contribution in [0.15, 0.2) is 12.1 Å². The predicted octanol–water partition coefficient (Wildman–Crippen LogP) is 4.98. The summed E-state index contributed by atoms with van der Waals surface area (Å²) in [4.78, 5) is 12.9. The van der Waals surface area contributed by atoms with Crippen molar-refractivity contribution in [2.45, 2.75) is 54.9 Å². The molecule has 2 nitrogen and oxygen atoms in total. The van der Waals surface area contributed by atoms with Crippen LogP contribution >= 0.6 is 0 Å². The lowest BCUT2D eigenvalue weighted by Crippen LogP contribution is -2.10. The second-order valence-corrected chi connectivity index (χ2v) is 6.62. The van der Waals surface area contributed by atoms with Gasteiger partial charge in [0.05, 0.1) is 5.56 Å². The highest BCUT2D eigenvalue weighted by Gasteiger charge is 2.21. The molecule has 0 bridgehead atoms. The standard InChI is InChI=1S/C21H26O2/c1-11-8-9-18(15(5)12(11)2)10-19(22)20-16(6)13(3)14(4)17(7)21(20)23/h8-9,23H,10H2,1-7H3. The van der Waals surface area contributed by atoms with Gasteiger partial charge in [-0.25, -0.2) is 0 Å². The molecule has 2 heteroatoms. The van der Waals surface area contributed by atoms with Crippen LogP contribution < -0.4 is 0 Å². The van der Waals surface area contributed by atoms with Crippen LogP contribution in [0.4, 0.5) is 0 Å². The Morgan fingerprint density at radius 3 is 1.96 bits per heavy atom. The van der Waals surface area contributed by atoms with E-state index in [1.54, 1.807) is 0 Å². The summed E-state index contributed by atoms with van der Waals surface area (Å²) < 4.78 is 0. The number of rotatable bonds is 3. The summed E-state index contributed by atoms with van der Waals surface area (Å²) in [5.74, 6) is 0.120. The summed E-state index contributed by atoms with van der Waals surface area (Å²) >= 11 is 0. The lowest BCUT2D eigenvalue weighted by atomic mass is 9.88. The maximum Gasteiger partial charge on any atom is 0.171 e. The molecule has 0 radical (unpaired) electrons. The first-order valence-corrected chi connectivity index (χ1v) is 8.05. The average molecular weight is 310 g/mol. The third kappa shape index (κ3) is 2.90. The first kappa shape index (κ1) is 17.3. The molecular formula is C21H26O2. The smallest absolute Gasteiger partial charge is 0.171 e. The number of Topliss-reactive ketones (excluding diaryl/α,β-unsaturated/α-hetero) is 1. The number of aromatic hydroxyl groups is 1.